The minimum atomic E-state index is 0.351. The highest BCUT2D eigenvalue weighted by atomic mass is 15.0. The van der Waals surface area contributed by atoms with Gasteiger partial charge >= 0.3 is 0 Å². The lowest BCUT2D eigenvalue weighted by molar-refractivity contribution is 0.636. The SMILES string of the molecule is Cc1ccc(NC2CCNCc3ccccc32)c(C)n1. The molecule has 104 valence electrons. The van der Waals surface area contributed by atoms with Crippen molar-refractivity contribution in [2.45, 2.75) is 32.9 Å². The van der Waals surface area contributed by atoms with Crippen LogP contribution in [0.1, 0.15) is 35.0 Å². The summed E-state index contributed by atoms with van der Waals surface area (Å²) in [4.78, 5) is 4.54. The minimum Gasteiger partial charge on any atom is -0.377 e. The number of anilines is 1. The Morgan fingerprint density at radius 2 is 2.00 bits per heavy atom. The Bertz CT molecular complexity index is 607. The van der Waals surface area contributed by atoms with Crippen LogP contribution >= 0.6 is 0 Å². The third-order valence-electron chi connectivity index (χ3n) is 3.91. The Kier molecular flexibility index (Phi) is 3.70. The van der Waals surface area contributed by atoms with Crippen molar-refractivity contribution in [3.8, 4) is 0 Å². The summed E-state index contributed by atoms with van der Waals surface area (Å²) in [5.74, 6) is 0. The summed E-state index contributed by atoms with van der Waals surface area (Å²) in [6.07, 6.45) is 1.09. The van der Waals surface area contributed by atoms with Gasteiger partial charge in [0.25, 0.3) is 0 Å². The van der Waals surface area contributed by atoms with Crippen LogP contribution in [0.15, 0.2) is 36.4 Å². The molecule has 0 fully saturated rings. The van der Waals surface area contributed by atoms with E-state index in [-0.39, 0.29) is 0 Å². The van der Waals surface area contributed by atoms with Crippen molar-refractivity contribution in [3.05, 3.63) is 58.9 Å². The second kappa shape index (κ2) is 5.63. The van der Waals surface area contributed by atoms with E-state index in [0.717, 1.165) is 36.6 Å². The molecule has 1 aromatic heterocycles. The molecule has 0 bridgehead atoms. The van der Waals surface area contributed by atoms with Crippen LogP contribution in [0.25, 0.3) is 0 Å². The molecule has 0 saturated heterocycles. The number of aromatic nitrogens is 1. The molecular formula is C17H21N3. The molecule has 0 spiro atoms. The zero-order valence-corrected chi connectivity index (χ0v) is 12.1. The second-order valence-corrected chi connectivity index (χ2v) is 5.45. The summed E-state index contributed by atoms with van der Waals surface area (Å²) in [5, 5.41) is 7.16. The number of benzene rings is 1. The molecule has 1 aliphatic heterocycles. The lowest BCUT2D eigenvalue weighted by atomic mass is 9.99. The molecule has 0 amide bonds. The summed E-state index contributed by atoms with van der Waals surface area (Å²) in [6, 6.07) is 13.2. The van der Waals surface area contributed by atoms with Gasteiger partial charge in [-0.3, -0.25) is 4.98 Å². The van der Waals surface area contributed by atoms with E-state index in [2.05, 4.69) is 58.9 Å². The van der Waals surface area contributed by atoms with Gasteiger partial charge in [0.1, 0.15) is 0 Å². The molecule has 1 unspecified atom stereocenters. The number of nitrogens with zero attached hydrogens (tertiary/aromatic N) is 1. The summed E-state index contributed by atoms with van der Waals surface area (Å²) in [5.41, 5.74) is 6.06. The first-order chi connectivity index (χ1) is 9.74. The van der Waals surface area contributed by atoms with E-state index in [1.165, 1.54) is 11.1 Å². The van der Waals surface area contributed by atoms with Crippen LogP contribution in [0.2, 0.25) is 0 Å². The van der Waals surface area contributed by atoms with Crippen molar-refractivity contribution in [2.75, 3.05) is 11.9 Å². The highest BCUT2D eigenvalue weighted by Gasteiger charge is 2.18. The van der Waals surface area contributed by atoms with Gasteiger partial charge in [-0.2, -0.15) is 0 Å². The van der Waals surface area contributed by atoms with Gasteiger partial charge in [0.05, 0.1) is 17.4 Å². The van der Waals surface area contributed by atoms with Crippen LogP contribution in [0, 0.1) is 13.8 Å². The van der Waals surface area contributed by atoms with Crippen LogP contribution in [-0.4, -0.2) is 11.5 Å². The Morgan fingerprint density at radius 1 is 1.15 bits per heavy atom. The lowest BCUT2D eigenvalue weighted by Gasteiger charge is -2.21. The Balaban J connectivity index is 1.90. The number of hydrogen-bond donors (Lipinski definition) is 2. The molecule has 2 heterocycles. The molecule has 3 heteroatoms. The maximum absolute atomic E-state index is 4.54. The molecule has 0 aliphatic carbocycles. The molecule has 0 saturated carbocycles. The van der Waals surface area contributed by atoms with Crippen molar-refractivity contribution < 1.29 is 0 Å². The summed E-state index contributed by atoms with van der Waals surface area (Å²) >= 11 is 0. The fraction of sp³-hybridized carbons (Fsp3) is 0.353. The van der Waals surface area contributed by atoms with E-state index in [1.807, 2.05) is 6.92 Å². The van der Waals surface area contributed by atoms with Gasteiger partial charge in [-0.25, -0.2) is 0 Å². The van der Waals surface area contributed by atoms with Crippen LogP contribution < -0.4 is 10.6 Å². The summed E-state index contributed by atoms with van der Waals surface area (Å²) in [6.45, 7) is 6.09. The largest absolute Gasteiger partial charge is 0.377 e. The quantitative estimate of drug-likeness (QED) is 0.876. The second-order valence-electron chi connectivity index (χ2n) is 5.45. The highest BCUT2D eigenvalue weighted by Crippen LogP contribution is 2.28. The molecule has 1 aliphatic rings. The molecule has 3 rings (SSSR count). The Labute approximate surface area is 120 Å². The third-order valence-corrected chi connectivity index (χ3v) is 3.91. The average molecular weight is 267 g/mol. The van der Waals surface area contributed by atoms with Crippen LogP contribution in [0.3, 0.4) is 0 Å². The van der Waals surface area contributed by atoms with Gasteiger partial charge < -0.3 is 10.6 Å². The zero-order chi connectivity index (χ0) is 13.9. The normalized spacial score (nSPS) is 18.2. The predicted molar refractivity (Wildman–Crippen MR) is 82.8 cm³/mol. The predicted octanol–water partition coefficient (Wildman–Crippen LogP) is 3.34. The third kappa shape index (κ3) is 2.68. The molecule has 20 heavy (non-hydrogen) atoms. The summed E-state index contributed by atoms with van der Waals surface area (Å²) < 4.78 is 0. The number of rotatable bonds is 2. The average Bonchev–Trinajstić information content (AvgIpc) is 2.65. The van der Waals surface area contributed by atoms with Crippen molar-refractivity contribution in [1.82, 2.24) is 10.3 Å². The number of fused-ring (bicyclic) bond motifs is 1. The molecule has 1 aromatic carbocycles. The van der Waals surface area contributed by atoms with Crippen molar-refractivity contribution in [1.29, 1.82) is 0 Å². The van der Waals surface area contributed by atoms with Crippen molar-refractivity contribution in [2.24, 2.45) is 0 Å². The van der Waals surface area contributed by atoms with Crippen LogP contribution in [-0.2, 0) is 6.54 Å². The smallest absolute Gasteiger partial charge is 0.0607 e. The first-order valence-electron chi connectivity index (χ1n) is 7.23. The van der Waals surface area contributed by atoms with Crippen LogP contribution in [0.4, 0.5) is 5.69 Å². The van der Waals surface area contributed by atoms with Gasteiger partial charge in [-0.15, -0.1) is 0 Å². The zero-order valence-electron chi connectivity index (χ0n) is 12.1. The van der Waals surface area contributed by atoms with E-state index in [1.54, 1.807) is 0 Å². The maximum Gasteiger partial charge on any atom is 0.0607 e. The Morgan fingerprint density at radius 3 is 2.85 bits per heavy atom. The highest BCUT2D eigenvalue weighted by molar-refractivity contribution is 5.50. The molecule has 0 radical (unpaired) electrons. The van der Waals surface area contributed by atoms with E-state index >= 15 is 0 Å². The first-order valence-corrected chi connectivity index (χ1v) is 7.23. The molecular weight excluding hydrogens is 246 g/mol. The van der Waals surface area contributed by atoms with Gasteiger partial charge in [0.2, 0.25) is 0 Å². The van der Waals surface area contributed by atoms with Crippen LogP contribution in [0.5, 0.6) is 0 Å². The monoisotopic (exact) mass is 267 g/mol. The molecule has 2 N–H and O–H groups in total. The minimum absolute atomic E-state index is 0.351. The van der Waals surface area contributed by atoms with E-state index in [9.17, 15) is 0 Å². The lowest BCUT2D eigenvalue weighted by Crippen LogP contribution is -2.15. The van der Waals surface area contributed by atoms with Crippen molar-refractivity contribution >= 4 is 5.69 Å². The van der Waals surface area contributed by atoms with Crippen molar-refractivity contribution in [3.63, 3.8) is 0 Å². The van der Waals surface area contributed by atoms with Gasteiger partial charge in [0.15, 0.2) is 0 Å². The molecule has 3 nitrogen and oxygen atoms in total. The topological polar surface area (TPSA) is 37.0 Å². The number of pyridine rings is 1. The van der Waals surface area contributed by atoms with Gasteiger partial charge in [-0.05, 0) is 50.1 Å². The first kappa shape index (κ1) is 13.1. The maximum atomic E-state index is 4.54. The number of aryl methyl sites for hydroxylation is 2. The van der Waals surface area contributed by atoms with Gasteiger partial charge in [0, 0.05) is 12.2 Å². The fourth-order valence-corrected chi connectivity index (χ4v) is 2.84. The van der Waals surface area contributed by atoms with E-state index < -0.39 is 0 Å². The fourth-order valence-electron chi connectivity index (χ4n) is 2.84. The van der Waals surface area contributed by atoms with Gasteiger partial charge in [-0.1, -0.05) is 24.3 Å². The van der Waals surface area contributed by atoms with E-state index in [4.69, 9.17) is 0 Å². The summed E-state index contributed by atoms with van der Waals surface area (Å²) in [7, 11) is 0. The molecule has 1 atom stereocenters. The number of nitrogens with one attached hydrogen (secondary N) is 2. The van der Waals surface area contributed by atoms with E-state index in [0.29, 0.717) is 6.04 Å². The standard InChI is InChI=1S/C17H21N3/c1-12-7-8-16(13(2)19-12)20-17-9-10-18-11-14-5-3-4-6-15(14)17/h3-8,17-18,20H,9-11H2,1-2H3. The number of hydrogen-bond acceptors (Lipinski definition) is 3. The molecule has 2 aromatic rings. The Hall–Kier alpha value is -1.87.